The number of aromatic nitrogens is 5. The Morgan fingerprint density at radius 3 is 2.92 bits per heavy atom. The summed E-state index contributed by atoms with van der Waals surface area (Å²) < 4.78 is 4.74. The molecule has 8 nitrogen and oxygen atoms in total. The molecule has 3 atom stereocenters. The molecule has 2 bridgehead atoms. The van der Waals surface area contributed by atoms with Crippen LogP contribution in [-0.4, -0.2) is 44.1 Å². The van der Waals surface area contributed by atoms with Gasteiger partial charge in [0.2, 0.25) is 0 Å². The molecule has 0 amide bonds. The molecule has 3 aromatic rings. The molecule has 2 saturated carbocycles. The van der Waals surface area contributed by atoms with Gasteiger partial charge in [-0.15, -0.1) is 0 Å². The number of rotatable bonds is 6. The van der Waals surface area contributed by atoms with Crippen molar-refractivity contribution in [3.63, 3.8) is 0 Å². The zero-order chi connectivity index (χ0) is 24.9. The van der Waals surface area contributed by atoms with Gasteiger partial charge in [-0.05, 0) is 63.4 Å². The quantitative estimate of drug-likeness (QED) is 0.484. The van der Waals surface area contributed by atoms with Gasteiger partial charge in [-0.3, -0.25) is 4.68 Å². The molecule has 3 unspecified atom stereocenters. The van der Waals surface area contributed by atoms with Gasteiger partial charge < -0.3 is 20.2 Å². The lowest BCUT2D eigenvalue weighted by molar-refractivity contribution is 0.0217. The number of hydrogen-bond acceptors (Lipinski definition) is 6. The van der Waals surface area contributed by atoms with Gasteiger partial charge in [-0.1, -0.05) is 6.42 Å². The summed E-state index contributed by atoms with van der Waals surface area (Å²) in [7, 11) is 1.87. The van der Waals surface area contributed by atoms with E-state index in [-0.39, 0.29) is 0 Å². The fourth-order valence-electron chi connectivity index (χ4n) is 7.40. The second-order valence-corrected chi connectivity index (χ2v) is 11.3. The fraction of sp³-hybridized carbons (Fsp3) is 0.571. The number of hydrogen-bond donors (Lipinski definition) is 2. The molecule has 3 aromatic heterocycles. The van der Waals surface area contributed by atoms with Gasteiger partial charge in [-0.2, -0.15) is 5.10 Å². The first-order valence-electron chi connectivity index (χ1n) is 13.5. The van der Waals surface area contributed by atoms with Crippen LogP contribution in [-0.2, 0) is 19.5 Å². The van der Waals surface area contributed by atoms with Crippen molar-refractivity contribution in [2.24, 2.45) is 11.3 Å². The van der Waals surface area contributed by atoms with Crippen molar-refractivity contribution < 1.29 is 0 Å². The lowest BCUT2D eigenvalue weighted by atomic mass is 9.60. The third-order valence-electron chi connectivity index (χ3n) is 9.11. The van der Waals surface area contributed by atoms with E-state index in [4.69, 9.17) is 10.5 Å². The van der Waals surface area contributed by atoms with Gasteiger partial charge in [0.05, 0.1) is 23.3 Å². The number of fused-ring (bicyclic) bond motifs is 3. The standard InChI is InChI=1S/C28H38N8/c1-19-13-26(22(15-29)27(30-3)32-19)34-11-7-25-23(16-34)20(2)33-36(25)17-28-8-4-5-21(14-28)24(6-9-28)35-12-10-31-18-35/h10,12-13,15,18,21,24,29H,4-9,11,14,16-17H2,1-3H3,(H,30,32). The Balaban J connectivity index is 1.24. The minimum absolute atomic E-state index is 0.376. The zero-order valence-corrected chi connectivity index (χ0v) is 21.8. The molecule has 2 aliphatic carbocycles. The van der Waals surface area contributed by atoms with Crippen molar-refractivity contribution in [3.8, 4) is 0 Å². The van der Waals surface area contributed by atoms with E-state index < -0.39 is 0 Å². The third-order valence-corrected chi connectivity index (χ3v) is 9.11. The Bertz CT molecular complexity index is 1260. The zero-order valence-electron chi connectivity index (χ0n) is 21.8. The average Bonchev–Trinajstić information content (AvgIpc) is 3.52. The number of anilines is 2. The SMILES string of the molecule is CNc1nc(C)cc(N2CCc3c(c(C)nn3CC34CCCC(C3)C(n3ccnc3)CC4)C2)c1C=N. The molecule has 0 spiro atoms. The molecule has 190 valence electrons. The van der Waals surface area contributed by atoms with Crippen LogP contribution >= 0.6 is 0 Å². The van der Waals surface area contributed by atoms with Crippen LogP contribution in [0.3, 0.4) is 0 Å². The van der Waals surface area contributed by atoms with Crippen molar-refractivity contribution >= 4 is 17.7 Å². The second kappa shape index (κ2) is 9.05. The van der Waals surface area contributed by atoms with E-state index in [0.29, 0.717) is 11.5 Å². The van der Waals surface area contributed by atoms with Crippen molar-refractivity contribution in [1.82, 2.24) is 24.3 Å². The summed E-state index contributed by atoms with van der Waals surface area (Å²) in [5, 5.41) is 16.3. The lowest BCUT2D eigenvalue weighted by Crippen LogP contribution is -2.41. The van der Waals surface area contributed by atoms with Crippen LogP contribution in [0.2, 0.25) is 0 Å². The van der Waals surface area contributed by atoms with Crippen LogP contribution in [0.15, 0.2) is 24.8 Å². The highest BCUT2D eigenvalue weighted by molar-refractivity contribution is 5.92. The molecule has 0 aromatic carbocycles. The third kappa shape index (κ3) is 3.91. The van der Waals surface area contributed by atoms with E-state index in [0.717, 1.165) is 60.4 Å². The number of pyridine rings is 1. The van der Waals surface area contributed by atoms with Gasteiger partial charge in [0, 0.05) is 74.7 Å². The summed E-state index contributed by atoms with van der Waals surface area (Å²) in [6, 6.07) is 2.73. The fourth-order valence-corrected chi connectivity index (χ4v) is 7.40. The van der Waals surface area contributed by atoms with E-state index in [1.807, 2.05) is 26.5 Å². The highest BCUT2D eigenvalue weighted by Gasteiger charge is 2.45. The van der Waals surface area contributed by atoms with E-state index >= 15 is 0 Å². The molecule has 0 radical (unpaired) electrons. The predicted octanol–water partition coefficient (Wildman–Crippen LogP) is 4.91. The summed E-state index contributed by atoms with van der Waals surface area (Å²) in [6.07, 6.45) is 16.3. The van der Waals surface area contributed by atoms with Crippen molar-refractivity contribution in [2.45, 2.75) is 77.9 Å². The molecule has 8 heteroatoms. The molecule has 4 heterocycles. The summed E-state index contributed by atoms with van der Waals surface area (Å²) in [5.74, 6) is 1.52. The Morgan fingerprint density at radius 1 is 1.25 bits per heavy atom. The highest BCUT2D eigenvalue weighted by atomic mass is 15.3. The molecule has 3 aliphatic rings. The monoisotopic (exact) mass is 486 g/mol. The van der Waals surface area contributed by atoms with Crippen molar-refractivity contribution in [1.29, 1.82) is 5.41 Å². The van der Waals surface area contributed by atoms with Crippen LogP contribution in [0.25, 0.3) is 0 Å². The van der Waals surface area contributed by atoms with E-state index in [2.05, 4.69) is 48.6 Å². The van der Waals surface area contributed by atoms with Crippen LogP contribution in [0, 0.1) is 30.6 Å². The Labute approximate surface area is 213 Å². The van der Waals surface area contributed by atoms with E-state index in [1.165, 1.54) is 56.0 Å². The van der Waals surface area contributed by atoms with E-state index in [1.54, 1.807) is 0 Å². The maximum atomic E-state index is 8.02. The smallest absolute Gasteiger partial charge is 0.136 e. The normalized spacial score (nSPS) is 25.5. The lowest BCUT2D eigenvalue weighted by Gasteiger charge is -2.49. The highest BCUT2D eigenvalue weighted by Crippen LogP contribution is 2.53. The van der Waals surface area contributed by atoms with Crippen molar-refractivity contribution in [2.75, 3.05) is 23.8 Å². The number of imidazole rings is 1. The summed E-state index contributed by atoms with van der Waals surface area (Å²) >= 11 is 0. The van der Waals surface area contributed by atoms with Crippen molar-refractivity contribution in [3.05, 3.63) is 53.0 Å². The maximum absolute atomic E-state index is 8.02. The van der Waals surface area contributed by atoms with Gasteiger partial charge in [0.1, 0.15) is 5.82 Å². The van der Waals surface area contributed by atoms with Crippen LogP contribution in [0.5, 0.6) is 0 Å². The second-order valence-electron chi connectivity index (χ2n) is 11.3. The molecular formula is C28H38N8. The average molecular weight is 487 g/mol. The Kier molecular flexibility index (Phi) is 5.85. The molecule has 1 aliphatic heterocycles. The summed E-state index contributed by atoms with van der Waals surface area (Å²) in [6.45, 7) is 7.02. The van der Waals surface area contributed by atoms with Gasteiger partial charge in [0.15, 0.2) is 0 Å². The minimum Gasteiger partial charge on any atom is -0.373 e. The number of aryl methyl sites for hydroxylation is 2. The molecule has 2 fully saturated rings. The van der Waals surface area contributed by atoms with Gasteiger partial charge in [0.25, 0.3) is 0 Å². The predicted molar refractivity (Wildman–Crippen MR) is 143 cm³/mol. The number of nitrogens with zero attached hydrogens (tertiary/aromatic N) is 6. The van der Waals surface area contributed by atoms with Crippen LogP contribution in [0.1, 0.15) is 72.8 Å². The molecule has 2 N–H and O–H groups in total. The first kappa shape index (κ1) is 23.3. The van der Waals surface area contributed by atoms with E-state index in [9.17, 15) is 0 Å². The molecule has 6 rings (SSSR count). The summed E-state index contributed by atoms with van der Waals surface area (Å²) in [4.78, 5) is 11.3. The minimum atomic E-state index is 0.376. The van der Waals surface area contributed by atoms with Crippen LogP contribution in [0.4, 0.5) is 11.5 Å². The van der Waals surface area contributed by atoms with Gasteiger partial charge in [-0.25, -0.2) is 9.97 Å². The molecular weight excluding hydrogens is 448 g/mol. The Hall–Kier alpha value is -3.16. The first-order chi connectivity index (χ1) is 17.5. The largest absolute Gasteiger partial charge is 0.373 e. The summed E-state index contributed by atoms with van der Waals surface area (Å²) in [5.41, 5.74) is 7.24. The molecule has 36 heavy (non-hydrogen) atoms. The maximum Gasteiger partial charge on any atom is 0.136 e. The van der Waals surface area contributed by atoms with Gasteiger partial charge >= 0.3 is 0 Å². The van der Waals surface area contributed by atoms with Crippen LogP contribution < -0.4 is 10.2 Å². The molecule has 0 saturated heterocycles. The first-order valence-corrected chi connectivity index (χ1v) is 13.5. The topological polar surface area (TPSA) is 87.7 Å². The number of nitrogens with one attached hydrogen (secondary N) is 2. The Morgan fingerprint density at radius 2 is 2.14 bits per heavy atom.